The van der Waals surface area contributed by atoms with Gasteiger partial charge in [0.2, 0.25) is 5.91 Å². The Balaban J connectivity index is 1.18. The molecule has 142 valence electrons. The first-order valence-electron chi connectivity index (χ1n) is 10.5. The lowest BCUT2D eigenvalue weighted by Gasteiger charge is -2.55. The zero-order valence-electron chi connectivity index (χ0n) is 16.1. The summed E-state index contributed by atoms with van der Waals surface area (Å²) in [5.74, 6) is 3.66. The third kappa shape index (κ3) is 3.09. The molecule has 1 heterocycles. The number of amides is 1. The van der Waals surface area contributed by atoms with Crippen LogP contribution in [0.1, 0.15) is 44.1 Å². The van der Waals surface area contributed by atoms with Crippen molar-refractivity contribution in [1.82, 2.24) is 10.3 Å². The van der Waals surface area contributed by atoms with Gasteiger partial charge in [-0.2, -0.15) is 0 Å². The maximum Gasteiger partial charge on any atom is 0.226 e. The molecule has 0 saturated heterocycles. The van der Waals surface area contributed by atoms with E-state index in [1.54, 1.807) is 0 Å². The highest BCUT2D eigenvalue weighted by atomic mass is 16.2. The average molecular weight is 364 g/mol. The van der Waals surface area contributed by atoms with E-state index in [2.05, 4.69) is 29.7 Å². The molecule has 27 heavy (non-hydrogen) atoms. The third-order valence-electron chi connectivity index (χ3n) is 7.14. The zero-order chi connectivity index (χ0) is 18.4. The number of fused-ring (bicyclic) bond motifs is 1. The number of carbonyl (C=O) groups excluding carboxylic acids is 1. The van der Waals surface area contributed by atoms with Gasteiger partial charge in [-0.3, -0.25) is 4.79 Å². The molecule has 2 N–H and O–H groups in total. The average Bonchev–Trinajstić information content (AvgIpc) is 2.64. The molecule has 0 spiro atoms. The fourth-order valence-electron chi connectivity index (χ4n) is 6.33. The quantitative estimate of drug-likeness (QED) is 0.779. The van der Waals surface area contributed by atoms with Crippen LogP contribution in [0.15, 0.2) is 30.3 Å². The molecule has 1 amide bonds. The van der Waals surface area contributed by atoms with Crippen LogP contribution in [0, 0.1) is 30.1 Å². The molecular formula is C23H29N3O. The number of aromatic nitrogens is 1. The van der Waals surface area contributed by atoms with Crippen molar-refractivity contribution in [1.29, 1.82) is 0 Å². The minimum atomic E-state index is -0.0497. The Hall–Kier alpha value is -2.10. The van der Waals surface area contributed by atoms with Gasteiger partial charge in [0, 0.05) is 23.9 Å². The van der Waals surface area contributed by atoms with Crippen molar-refractivity contribution in [2.75, 3.05) is 18.4 Å². The van der Waals surface area contributed by atoms with Crippen LogP contribution in [0.25, 0.3) is 10.9 Å². The molecule has 4 aliphatic rings. The van der Waals surface area contributed by atoms with Crippen LogP contribution in [0.4, 0.5) is 5.82 Å². The standard InChI is InChI=1S/C23H29N3O/c1-15-8-19-4-2-3-5-20(19)26-21(15)24-6-7-25-22(27)23-12-16-9-17(13-23)11-18(10-16)14-23/h2-5,8,16-18H,6-7,9-14H2,1H3,(H,24,26)(H,25,27). The first-order valence-corrected chi connectivity index (χ1v) is 10.5. The van der Waals surface area contributed by atoms with Gasteiger partial charge in [-0.05, 0) is 80.9 Å². The summed E-state index contributed by atoms with van der Waals surface area (Å²) in [5, 5.41) is 7.81. The normalized spacial score (nSPS) is 31.2. The minimum Gasteiger partial charge on any atom is -0.368 e. The van der Waals surface area contributed by atoms with Gasteiger partial charge in [0.05, 0.1) is 5.52 Å². The van der Waals surface area contributed by atoms with E-state index in [9.17, 15) is 4.79 Å². The van der Waals surface area contributed by atoms with Crippen molar-refractivity contribution in [3.63, 3.8) is 0 Å². The van der Waals surface area contributed by atoms with Gasteiger partial charge in [0.25, 0.3) is 0 Å². The highest BCUT2D eigenvalue weighted by molar-refractivity contribution is 5.83. The maximum absolute atomic E-state index is 13.0. The van der Waals surface area contributed by atoms with Crippen LogP contribution in [0.2, 0.25) is 0 Å². The van der Waals surface area contributed by atoms with Crippen molar-refractivity contribution >= 4 is 22.6 Å². The lowest BCUT2D eigenvalue weighted by Crippen LogP contribution is -2.54. The van der Waals surface area contributed by atoms with Crippen molar-refractivity contribution in [3.8, 4) is 0 Å². The van der Waals surface area contributed by atoms with Gasteiger partial charge in [-0.1, -0.05) is 18.2 Å². The van der Waals surface area contributed by atoms with E-state index in [0.29, 0.717) is 19.0 Å². The number of hydrogen-bond donors (Lipinski definition) is 2. The Kier molecular flexibility index (Phi) is 4.10. The van der Waals surface area contributed by atoms with Crippen molar-refractivity contribution < 1.29 is 4.79 Å². The summed E-state index contributed by atoms with van der Waals surface area (Å²) in [6.45, 7) is 3.45. The van der Waals surface area contributed by atoms with E-state index in [1.165, 1.54) is 19.3 Å². The summed E-state index contributed by atoms with van der Waals surface area (Å²) in [7, 11) is 0. The number of hydrogen-bond acceptors (Lipinski definition) is 3. The Labute approximate surface area is 161 Å². The van der Waals surface area contributed by atoms with E-state index >= 15 is 0 Å². The lowest BCUT2D eigenvalue weighted by atomic mass is 9.49. The van der Waals surface area contributed by atoms with Crippen molar-refractivity contribution in [3.05, 3.63) is 35.9 Å². The highest BCUT2D eigenvalue weighted by Crippen LogP contribution is 2.60. The molecule has 4 saturated carbocycles. The predicted molar refractivity (Wildman–Crippen MR) is 109 cm³/mol. The van der Waals surface area contributed by atoms with Crippen LogP contribution in [-0.2, 0) is 4.79 Å². The Bertz CT molecular complexity index is 840. The summed E-state index contributed by atoms with van der Waals surface area (Å²) >= 11 is 0. The largest absolute Gasteiger partial charge is 0.368 e. The molecule has 1 aromatic carbocycles. The molecule has 4 bridgehead atoms. The lowest BCUT2D eigenvalue weighted by molar-refractivity contribution is -0.146. The van der Waals surface area contributed by atoms with Gasteiger partial charge in [-0.15, -0.1) is 0 Å². The Morgan fingerprint density at radius 2 is 1.74 bits per heavy atom. The fraction of sp³-hybridized carbons (Fsp3) is 0.565. The van der Waals surface area contributed by atoms with Crippen LogP contribution >= 0.6 is 0 Å². The van der Waals surface area contributed by atoms with E-state index in [-0.39, 0.29) is 5.41 Å². The van der Waals surface area contributed by atoms with Gasteiger partial charge < -0.3 is 10.6 Å². The zero-order valence-corrected chi connectivity index (χ0v) is 16.1. The number of rotatable bonds is 5. The van der Waals surface area contributed by atoms with E-state index in [0.717, 1.165) is 59.3 Å². The first kappa shape index (κ1) is 17.0. The fourth-order valence-corrected chi connectivity index (χ4v) is 6.33. The van der Waals surface area contributed by atoms with Gasteiger partial charge in [-0.25, -0.2) is 4.98 Å². The van der Waals surface area contributed by atoms with Crippen molar-refractivity contribution in [2.45, 2.75) is 45.4 Å². The molecule has 0 radical (unpaired) electrons. The van der Waals surface area contributed by atoms with Gasteiger partial charge in [0.15, 0.2) is 0 Å². The number of benzene rings is 1. The summed E-state index contributed by atoms with van der Waals surface area (Å²) in [6.07, 6.45) is 7.51. The van der Waals surface area contributed by atoms with Crippen LogP contribution in [-0.4, -0.2) is 24.0 Å². The molecule has 2 aromatic rings. The molecule has 0 unspecified atom stereocenters. The Morgan fingerprint density at radius 3 is 2.44 bits per heavy atom. The van der Waals surface area contributed by atoms with Crippen LogP contribution < -0.4 is 10.6 Å². The smallest absolute Gasteiger partial charge is 0.226 e. The van der Waals surface area contributed by atoms with E-state index in [1.807, 2.05) is 18.2 Å². The van der Waals surface area contributed by atoms with E-state index < -0.39 is 0 Å². The molecule has 4 aliphatic carbocycles. The first-order chi connectivity index (χ1) is 13.1. The second kappa shape index (κ2) is 6.50. The summed E-state index contributed by atoms with van der Waals surface area (Å²) in [4.78, 5) is 17.7. The van der Waals surface area contributed by atoms with Gasteiger partial charge in [0.1, 0.15) is 5.82 Å². The maximum atomic E-state index is 13.0. The Morgan fingerprint density at radius 1 is 1.07 bits per heavy atom. The number of nitrogens with zero attached hydrogens (tertiary/aromatic N) is 1. The third-order valence-corrected chi connectivity index (χ3v) is 7.14. The number of nitrogens with one attached hydrogen (secondary N) is 2. The van der Waals surface area contributed by atoms with Crippen LogP contribution in [0.5, 0.6) is 0 Å². The number of carbonyl (C=O) groups is 1. The van der Waals surface area contributed by atoms with Crippen molar-refractivity contribution in [2.24, 2.45) is 23.2 Å². The SMILES string of the molecule is Cc1cc2ccccc2nc1NCCNC(=O)C12CC3CC(CC(C3)C1)C2. The molecule has 0 aliphatic heterocycles. The molecule has 6 rings (SSSR count). The summed E-state index contributed by atoms with van der Waals surface area (Å²) < 4.78 is 0. The highest BCUT2D eigenvalue weighted by Gasteiger charge is 2.54. The number of para-hydroxylation sites is 1. The molecule has 4 nitrogen and oxygen atoms in total. The number of pyridine rings is 1. The summed E-state index contributed by atoms with van der Waals surface area (Å²) in [6, 6.07) is 10.3. The number of aryl methyl sites for hydroxylation is 1. The number of anilines is 1. The van der Waals surface area contributed by atoms with E-state index in [4.69, 9.17) is 4.98 Å². The monoisotopic (exact) mass is 363 g/mol. The molecule has 4 fully saturated rings. The summed E-state index contributed by atoms with van der Waals surface area (Å²) in [5.41, 5.74) is 2.09. The second-order valence-electron chi connectivity index (χ2n) is 9.23. The molecule has 0 atom stereocenters. The minimum absolute atomic E-state index is 0.0497. The topological polar surface area (TPSA) is 54.0 Å². The van der Waals surface area contributed by atoms with Gasteiger partial charge >= 0.3 is 0 Å². The second-order valence-corrected chi connectivity index (χ2v) is 9.23. The molecule has 4 heteroatoms. The van der Waals surface area contributed by atoms with Crippen LogP contribution in [0.3, 0.4) is 0 Å². The molecular weight excluding hydrogens is 334 g/mol. The molecule has 1 aromatic heterocycles. The predicted octanol–water partition coefficient (Wildman–Crippen LogP) is 4.29.